The van der Waals surface area contributed by atoms with Gasteiger partial charge >= 0.3 is 0 Å². The van der Waals surface area contributed by atoms with Gasteiger partial charge in [-0.25, -0.2) is 13.1 Å². The average molecular weight is 414 g/mol. The lowest BCUT2D eigenvalue weighted by atomic mass is 10.4. The van der Waals surface area contributed by atoms with E-state index in [0.717, 1.165) is 16.2 Å². The van der Waals surface area contributed by atoms with Gasteiger partial charge in [0, 0.05) is 40.0 Å². The summed E-state index contributed by atoms with van der Waals surface area (Å²) in [5, 5.41) is 2.64. The van der Waals surface area contributed by atoms with Crippen LogP contribution in [0, 0.1) is 0 Å². The van der Waals surface area contributed by atoms with Crippen molar-refractivity contribution in [3.05, 3.63) is 22.8 Å². The Morgan fingerprint density at radius 3 is 2.15 bits per heavy atom. The molecule has 10 nitrogen and oxygen atoms in total. The minimum atomic E-state index is -3.71. The molecule has 0 saturated heterocycles. The fourth-order valence-corrected chi connectivity index (χ4v) is 4.23. The maximum atomic E-state index is 12.5. The van der Waals surface area contributed by atoms with Gasteiger partial charge < -0.3 is 15.1 Å². The van der Waals surface area contributed by atoms with Gasteiger partial charge in [-0.1, -0.05) is 0 Å². The van der Waals surface area contributed by atoms with Crippen LogP contribution >= 0.6 is 11.3 Å². The summed E-state index contributed by atoms with van der Waals surface area (Å²) in [6.45, 7) is 1.64. The molecule has 0 bridgehead atoms. The van der Waals surface area contributed by atoms with E-state index in [2.05, 4.69) is 25.0 Å². The fraction of sp³-hybridized carbons (Fsp3) is 0.467. The molecular formula is C15H23N7O3S2. The molecule has 2 N–H and O–H groups in total. The number of carbonyl (C=O) groups is 1. The second-order valence-corrected chi connectivity index (χ2v) is 9.26. The second-order valence-electron chi connectivity index (χ2n) is 6.10. The molecule has 0 fully saturated rings. The summed E-state index contributed by atoms with van der Waals surface area (Å²) in [6.07, 6.45) is 0. The zero-order chi connectivity index (χ0) is 20.2. The fourth-order valence-electron chi connectivity index (χ4n) is 1.91. The molecule has 0 unspecified atom stereocenters. The zero-order valence-corrected chi connectivity index (χ0v) is 17.5. The normalized spacial score (nSPS) is 11.3. The van der Waals surface area contributed by atoms with Crippen molar-refractivity contribution in [2.75, 3.05) is 38.0 Å². The molecule has 1 amide bonds. The van der Waals surface area contributed by atoms with Crippen LogP contribution < -0.4 is 19.8 Å². The maximum Gasteiger partial charge on any atom is 0.250 e. The van der Waals surface area contributed by atoms with Crippen LogP contribution in [0.4, 0.5) is 11.9 Å². The number of sulfonamides is 1. The highest BCUT2D eigenvalue weighted by molar-refractivity contribution is 7.91. The second kappa shape index (κ2) is 8.59. The number of nitrogens with one attached hydrogen (secondary N) is 2. The summed E-state index contributed by atoms with van der Waals surface area (Å²) in [7, 11) is 3.47. The molecule has 27 heavy (non-hydrogen) atoms. The van der Waals surface area contributed by atoms with Crippen molar-refractivity contribution < 1.29 is 13.2 Å². The van der Waals surface area contributed by atoms with E-state index in [-0.39, 0.29) is 16.7 Å². The highest BCUT2D eigenvalue weighted by atomic mass is 32.2. The Morgan fingerprint density at radius 2 is 1.63 bits per heavy atom. The third-order valence-corrected chi connectivity index (χ3v) is 6.27. The lowest BCUT2D eigenvalue weighted by Crippen LogP contribution is -2.26. The van der Waals surface area contributed by atoms with Crippen molar-refractivity contribution >= 4 is 39.2 Å². The van der Waals surface area contributed by atoms with Crippen molar-refractivity contribution in [1.29, 1.82) is 0 Å². The first-order valence-electron chi connectivity index (χ1n) is 8.01. The minimum absolute atomic E-state index is 0.0640. The van der Waals surface area contributed by atoms with E-state index < -0.39 is 10.0 Å². The van der Waals surface area contributed by atoms with Gasteiger partial charge in [0.25, 0.3) is 0 Å². The molecule has 0 aliphatic heterocycles. The maximum absolute atomic E-state index is 12.5. The van der Waals surface area contributed by atoms with Gasteiger partial charge in [-0.05, 0) is 12.1 Å². The predicted molar refractivity (Wildman–Crippen MR) is 104 cm³/mol. The zero-order valence-electron chi connectivity index (χ0n) is 15.8. The summed E-state index contributed by atoms with van der Waals surface area (Å²) >= 11 is 1.10. The van der Waals surface area contributed by atoms with E-state index in [9.17, 15) is 13.2 Å². The molecular weight excluding hydrogens is 390 g/mol. The Morgan fingerprint density at radius 1 is 1.04 bits per heavy atom. The van der Waals surface area contributed by atoms with Gasteiger partial charge in [-0.15, -0.1) is 11.3 Å². The van der Waals surface area contributed by atoms with Crippen LogP contribution in [0.1, 0.15) is 17.6 Å². The van der Waals surface area contributed by atoms with Gasteiger partial charge in [0.05, 0.1) is 13.1 Å². The number of hydrogen-bond acceptors (Lipinski definition) is 9. The Kier molecular flexibility index (Phi) is 6.68. The number of nitrogens with zero attached hydrogens (tertiary/aromatic N) is 5. The summed E-state index contributed by atoms with van der Waals surface area (Å²) in [4.78, 5) is 28.0. The van der Waals surface area contributed by atoms with Crippen molar-refractivity contribution in [3.63, 3.8) is 0 Å². The smallest absolute Gasteiger partial charge is 0.250 e. The van der Waals surface area contributed by atoms with Crippen LogP contribution in [-0.2, 0) is 27.9 Å². The van der Waals surface area contributed by atoms with Crippen LogP contribution in [0.25, 0.3) is 0 Å². The molecule has 12 heteroatoms. The molecule has 0 atom stereocenters. The van der Waals surface area contributed by atoms with E-state index in [0.29, 0.717) is 24.3 Å². The van der Waals surface area contributed by atoms with Crippen molar-refractivity contribution in [3.8, 4) is 0 Å². The molecule has 2 heterocycles. The van der Waals surface area contributed by atoms with Crippen LogP contribution in [-0.4, -0.2) is 57.5 Å². The third kappa shape index (κ3) is 5.84. The summed E-state index contributed by atoms with van der Waals surface area (Å²) in [5.74, 6) is 1.03. The van der Waals surface area contributed by atoms with Crippen molar-refractivity contribution in [2.45, 2.75) is 24.2 Å². The summed E-state index contributed by atoms with van der Waals surface area (Å²) < 4.78 is 27.7. The molecule has 2 rings (SSSR count). The number of aromatic nitrogens is 3. The molecule has 0 aliphatic carbocycles. The van der Waals surface area contributed by atoms with E-state index in [1.807, 2.05) is 0 Å². The van der Waals surface area contributed by atoms with Crippen LogP contribution in [0.5, 0.6) is 0 Å². The van der Waals surface area contributed by atoms with Gasteiger partial charge in [-0.2, -0.15) is 15.0 Å². The van der Waals surface area contributed by atoms with E-state index >= 15 is 0 Å². The third-order valence-electron chi connectivity index (χ3n) is 3.29. The highest BCUT2D eigenvalue weighted by Crippen LogP contribution is 2.21. The molecule has 0 saturated carbocycles. The molecule has 0 aliphatic rings. The molecule has 2 aromatic rings. The van der Waals surface area contributed by atoms with Crippen molar-refractivity contribution in [2.24, 2.45) is 0 Å². The van der Waals surface area contributed by atoms with Crippen LogP contribution in [0.3, 0.4) is 0 Å². The summed E-state index contributed by atoms with van der Waals surface area (Å²) in [5.41, 5.74) is 0. The van der Waals surface area contributed by atoms with E-state index in [4.69, 9.17) is 0 Å². The molecule has 0 aromatic carbocycles. The average Bonchev–Trinajstić information content (AvgIpc) is 3.08. The monoisotopic (exact) mass is 413 g/mol. The first-order valence-corrected chi connectivity index (χ1v) is 10.3. The van der Waals surface area contributed by atoms with Gasteiger partial charge in [-0.3, -0.25) is 4.79 Å². The number of carbonyl (C=O) groups excluding carboxylic acids is 1. The number of rotatable bonds is 8. The first-order chi connectivity index (χ1) is 12.6. The number of amides is 1. The topological polar surface area (TPSA) is 120 Å². The number of hydrogen-bond donors (Lipinski definition) is 2. The van der Waals surface area contributed by atoms with Gasteiger partial charge in [0.1, 0.15) is 4.21 Å². The Labute approximate surface area is 162 Å². The van der Waals surface area contributed by atoms with E-state index in [1.165, 1.54) is 13.0 Å². The Bertz CT molecular complexity index is 884. The number of anilines is 2. The highest BCUT2D eigenvalue weighted by Gasteiger charge is 2.18. The van der Waals surface area contributed by atoms with Gasteiger partial charge in [0.15, 0.2) is 5.82 Å². The Balaban J connectivity index is 2.14. The molecule has 148 valence electrons. The van der Waals surface area contributed by atoms with Crippen LogP contribution in [0.2, 0.25) is 0 Å². The largest absolute Gasteiger partial charge is 0.351 e. The Hall–Kier alpha value is -2.31. The standard InChI is InChI=1S/C15H23N7O3S2/c1-10(23)16-8-11-6-7-13(26-11)27(24,25)17-9-12-18-14(21(2)3)20-15(19-12)22(4)5/h6-7,17H,8-9H2,1-5H3,(H,16,23). The lowest BCUT2D eigenvalue weighted by Gasteiger charge is -2.16. The minimum Gasteiger partial charge on any atom is -0.351 e. The predicted octanol–water partition coefficient (Wildman–Crippen LogP) is 0.180. The molecule has 0 spiro atoms. The lowest BCUT2D eigenvalue weighted by molar-refractivity contribution is -0.119. The quantitative estimate of drug-likeness (QED) is 0.629. The number of thiophene rings is 1. The van der Waals surface area contributed by atoms with Crippen molar-refractivity contribution in [1.82, 2.24) is 25.0 Å². The van der Waals surface area contributed by atoms with E-state index in [1.54, 1.807) is 44.1 Å². The SMILES string of the molecule is CC(=O)NCc1ccc(S(=O)(=O)NCc2nc(N(C)C)nc(N(C)C)n2)s1. The van der Waals surface area contributed by atoms with Crippen LogP contribution in [0.15, 0.2) is 16.3 Å². The summed E-state index contributed by atoms with van der Waals surface area (Å²) in [6, 6.07) is 3.18. The van der Waals surface area contributed by atoms with Gasteiger partial charge in [0.2, 0.25) is 27.8 Å². The molecule has 0 radical (unpaired) electrons. The molecule has 2 aromatic heterocycles. The first kappa shape index (κ1) is 21.0.